The highest BCUT2D eigenvalue weighted by Crippen LogP contribution is 2.44. The summed E-state index contributed by atoms with van der Waals surface area (Å²) in [7, 11) is 0. The lowest BCUT2D eigenvalue weighted by Crippen LogP contribution is -2.32. The molecule has 3 rings (SSSR count). The number of fused-ring (bicyclic) bond motifs is 1. The summed E-state index contributed by atoms with van der Waals surface area (Å²) in [5, 5.41) is 12.6. The van der Waals surface area contributed by atoms with E-state index in [0.29, 0.717) is 0 Å². The molecule has 15 heavy (non-hydrogen) atoms. The summed E-state index contributed by atoms with van der Waals surface area (Å²) >= 11 is 0. The highest BCUT2D eigenvalue weighted by molar-refractivity contribution is 5.58. The van der Waals surface area contributed by atoms with Gasteiger partial charge >= 0.3 is 0 Å². The minimum Gasteiger partial charge on any atom is -0.384 e. The molecule has 0 saturated heterocycles. The van der Waals surface area contributed by atoms with E-state index >= 15 is 0 Å². The van der Waals surface area contributed by atoms with Gasteiger partial charge in [0.2, 0.25) is 0 Å². The molecule has 0 bridgehead atoms. The van der Waals surface area contributed by atoms with Gasteiger partial charge in [-0.2, -0.15) is 5.26 Å². The quantitative estimate of drug-likeness (QED) is 0.753. The van der Waals surface area contributed by atoms with Crippen molar-refractivity contribution in [2.24, 2.45) is 0 Å². The average molecular weight is 198 g/mol. The highest BCUT2D eigenvalue weighted by atomic mass is 14.9. The molecule has 1 aromatic carbocycles. The van der Waals surface area contributed by atoms with Gasteiger partial charge < -0.3 is 5.32 Å². The van der Waals surface area contributed by atoms with Crippen LogP contribution in [0.5, 0.6) is 0 Å². The third-order valence-corrected chi connectivity index (χ3v) is 3.79. The number of benzene rings is 1. The van der Waals surface area contributed by atoms with Crippen LogP contribution >= 0.6 is 0 Å². The molecule has 1 aliphatic carbocycles. The highest BCUT2D eigenvalue weighted by Gasteiger charge is 2.39. The van der Waals surface area contributed by atoms with Crippen LogP contribution in [0.1, 0.15) is 30.4 Å². The maximum absolute atomic E-state index is 9.27. The minimum atomic E-state index is -0.155. The zero-order chi connectivity index (χ0) is 10.3. The lowest BCUT2D eigenvalue weighted by molar-refractivity contribution is 0.324. The zero-order valence-electron chi connectivity index (χ0n) is 8.71. The SMILES string of the molecule is N#CC1(c2ccc3c(c2)CCN3)CCC1. The number of anilines is 1. The van der Waals surface area contributed by atoms with Gasteiger partial charge in [-0.15, -0.1) is 0 Å². The van der Waals surface area contributed by atoms with Crippen LogP contribution < -0.4 is 5.32 Å². The van der Waals surface area contributed by atoms with Gasteiger partial charge in [0.15, 0.2) is 0 Å². The first-order valence-corrected chi connectivity index (χ1v) is 5.63. The third-order valence-electron chi connectivity index (χ3n) is 3.79. The predicted molar refractivity (Wildman–Crippen MR) is 59.8 cm³/mol. The average Bonchev–Trinajstić information content (AvgIpc) is 2.64. The van der Waals surface area contributed by atoms with Crippen molar-refractivity contribution in [3.63, 3.8) is 0 Å². The van der Waals surface area contributed by atoms with Crippen LogP contribution in [0.2, 0.25) is 0 Å². The van der Waals surface area contributed by atoms with Crippen LogP contribution in [0.25, 0.3) is 0 Å². The topological polar surface area (TPSA) is 35.8 Å². The van der Waals surface area contributed by atoms with E-state index in [9.17, 15) is 5.26 Å². The molecule has 1 saturated carbocycles. The fourth-order valence-electron chi connectivity index (χ4n) is 2.60. The van der Waals surface area contributed by atoms with Crippen LogP contribution in [0, 0.1) is 11.3 Å². The summed E-state index contributed by atoms with van der Waals surface area (Å²) in [5.74, 6) is 0. The summed E-state index contributed by atoms with van der Waals surface area (Å²) in [6.07, 6.45) is 4.37. The van der Waals surface area contributed by atoms with Crippen LogP contribution in [0.15, 0.2) is 18.2 Å². The maximum atomic E-state index is 9.27. The van der Waals surface area contributed by atoms with Crippen molar-refractivity contribution in [2.75, 3.05) is 11.9 Å². The van der Waals surface area contributed by atoms with E-state index in [1.165, 1.54) is 23.2 Å². The van der Waals surface area contributed by atoms with Crippen LogP contribution in [-0.2, 0) is 11.8 Å². The largest absolute Gasteiger partial charge is 0.384 e. The van der Waals surface area contributed by atoms with Crippen molar-refractivity contribution in [1.82, 2.24) is 0 Å². The van der Waals surface area contributed by atoms with Crippen LogP contribution in [0.4, 0.5) is 5.69 Å². The summed E-state index contributed by atoms with van der Waals surface area (Å²) in [4.78, 5) is 0. The van der Waals surface area contributed by atoms with Crippen molar-refractivity contribution < 1.29 is 0 Å². The van der Waals surface area contributed by atoms with E-state index in [0.717, 1.165) is 25.8 Å². The van der Waals surface area contributed by atoms with Gasteiger partial charge in [0.25, 0.3) is 0 Å². The Morgan fingerprint density at radius 2 is 2.20 bits per heavy atom. The predicted octanol–water partition coefficient (Wildman–Crippen LogP) is 2.60. The molecule has 0 aromatic heterocycles. The van der Waals surface area contributed by atoms with Crippen LogP contribution in [0.3, 0.4) is 0 Å². The van der Waals surface area contributed by atoms with Crippen LogP contribution in [-0.4, -0.2) is 6.54 Å². The zero-order valence-corrected chi connectivity index (χ0v) is 8.71. The Morgan fingerprint density at radius 1 is 1.33 bits per heavy atom. The number of rotatable bonds is 1. The lowest BCUT2D eigenvalue weighted by atomic mass is 9.65. The van der Waals surface area contributed by atoms with Gasteiger partial charge in [0.05, 0.1) is 11.5 Å². The smallest absolute Gasteiger partial charge is 0.0822 e. The van der Waals surface area contributed by atoms with Crippen molar-refractivity contribution >= 4 is 5.69 Å². The van der Waals surface area contributed by atoms with Gasteiger partial charge in [-0.05, 0) is 42.9 Å². The lowest BCUT2D eigenvalue weighted by Gasteiger charge is -2.35. The number of nitrogens with one attached hydrogen (secondary N) is 1. The Kier molecular flexibility index (Phi) is 1.76. The summed E-state index contributed by atoms with van der Waals surface area (Å²) < 4.78 is 0. The van der Waals surface area contributed by atoms with Gasteiger partial charge in [0, 0.05) is 12.2 Å². The molecule has 1 heterocycles. The molecule has 2 nitrogen and oxygen atoms in total. The molecule has 0 spiro atoms. The Morgan fingerprint density at radius 3 is 2.87 bits per heavy atom. The van der Waals surface area contributed by atoms with Crippen molar-refractivity contribution in [1.29, 1.82) is 5.26 Å². The molecule has 0 atom stereocenters. The van der Waals surface area contributed by atoms with Crippen molar-refractivity contribution in [3.8, 4) is 6.07 Å². The molecule has 0 radical (unpaired) electrons. The summed E-state index contributed by atoms with van der Waals surface area (Å²) in [6, 6.07) is 8.99. The maximum Gasteiger partial charge on any atom is 0.0822 e. The first-order valence-electron chi connectivity index (χ1n) is 5.63. The van der Waals surface area contributed by atoms with Gasteiger partial charge in [-0.25, -0.2) is 0 Å². The fourth-order valence-corrected chi connectivity index (χ4v) is 2.60. The van der Waals surface area contributed by atoms with E-state index in [2.05, 4.69) is 29.6 Å². The van der Waals surface area contributed by atoms with E-state index in [-0.39, 0.29) is 5.41 Å². The summed E-state index contributed by atoms with van der Waals surface area (Å²) in [5.41, 5.74) is 3.72. The van der Waals surface area contributed by atoms with E-state index in [4.69, 9.17) is 0 Å². The molecule has 76 valence electrons. The molecule has 1 fully saturated rings. The molecule has 0 unspecified atom stereocenters. The second kappa shape index (κ2) is 3.00. The van der Waals surface area contributed by atoms with E-state index in [1.54, 1.807) is 0 Å². The molecule has 1 aliphatic heterocycles. The first-order chi connectivity index (χ1) is 7.34. The first kappa shape index (κ1) is 8.79. The number of hydrogen-bond acceptors (Lipinski definition) is 2. The number of nitriles is 1. The normalized spacial score (nSPS) is 21.0. The molecule has 2 aliphatic rings. The fraction of sp³-hybridized carbons (Fsp3) is 0.462. The molecular formula is C13H14N2. The van der Waals surface area contributed by atoms with Crippen molar-refractivity contribution in [3.05, 3.63) is 29.3 Å². The van der Waals surface area contributed by atoms with Crippen molar-refractivity contribution in [2.45, 2.75) is 31.1 Å². The molecule has 2 heteroatoms. The molecular weight excluding hydrogens is 184 g/mol. The number of hydrogen-bond donors (Lipinski definition) is 1. The summed E-state index contributed by atoms with van der Waals surface area (Å²) in [6.45, 7) is 1.04. The molecule has 1 N–H and O–H groups in total. The van der Waals surface area contributed by atoms with E-state index < -0.39 is 0 Å². The molecule has 1 aromatic rings. The second-order valence-corrected chi connectivity index (χ2v) is 4.60. The van der Waals surface area contributed by atoms with Gasteiger partial charge in [-0.3, -0.25) is 0 Å². The monoisotopic (exact) mass is 198 g/mol. The molecule has 0 amide bonds. The van der Waals surface area contributed by atoms with E-state index in [1.807, 2.05) is 0 Å². The third kappa shape index (κ3) is 1.16. The Labute approximate surface area is 89.9 Å². The van der Waals surface area contributed by atoms with Gasteiger partial charge in [-0.1, -0.05) is 12.1 Å². The standard InChI is InChI=1S/C13H14N2/c14-9-13(5-1-6-13)11-2-3-12-10(8-11)4-7-15-12/h2-3,8,15H,1,4-7H2. The minimum absolute atomic E-state index is 0.155. The Bertz CT molecular complexity index is 438. The second-order valence-electron chi connectivity index (χ2n) is 4.60. The number of nitrogens with zero attached hydrogens (tertiary/aromatic N) is 1. The Hall–Kier alpha value is -1.49. The Balaban J connectivity index is 2.03. The van der Waals surface area contributed by atoms with Gasteiger partial charge in [0.1, 0.15) is 0 Å².